The number of nitrogens with one attached hydrogen (secondary N) is 1. The standard InChI is InChI=1S/C73H131NO18/c1-3-5-7-9-11-12-13-14-15-16-17-18-19-20-21-22-23-24-25-26-27-28-29-30-31-32-33-34-35-36-37-38-39-40-41-42-43-44-45-47-49-51-61(79)74-56(57(78)50-48-46-10-8-6-4-2)55-87-71-67(85)64(82)69(59(53-76)89-71)92-73-68(86)65(83)70(60(54-77)90-73)91-72-66(84)63(81)62(80)58(52-75)88-72/h5,7,11-12,14-15,17-18,48,50,56-60,62-73,75-78,80-86H,3-4,6,8-10,13,16,19-47,49,51-55H2,1-2H3,(H,74,79)/b7-5-,12-11-,15-14-,18-17-,50-48+. The first kappa shape index (κ1) is 83.7. The van der Waals surface area contributed by atoms with Crippen molar-refractivity contribution < 1.29 is 89.4 Å². The number of ether oxygens (including phenoxy) is 6. The number of aliphatic hydroxyl groups is 11. The van der Waals surface area contributed by atoms with Crippen LogP contribution in [0.1, 0.15) is 264 Å². The van der Waals surface area contributed by atoms with Gasteiger partial charge in [-0.05, 0) is 57.8 Å². The Kier molecular flexibility index (Phi) is 49.6. The molecule has 0 spiro atoms. The van der Waals surface area contributed by atoms with Crippen LogP contribution >= 0.6 is 0 Å². The van der Waals surface area contributed by atoms with Gasteiger partial charge in [-0.15, -0.1) is 0 Å². The first-order chi connectivity index (χ1) is 44.8. The monoisotopic (exact) mass is 1310 g/mol. The van der Waals surface area contributed by atoms with Gasteiger partial charge in [-0.1, -0.05) is 261 Å². The average Bonchev–Trinajstić information content (AvgIpc) is 0.817. The number of carbonyl (C=O) groups is 1. The molecule has 12 N–H and O–H groups in total. The Morgan fingerprint density at radius 3 is 1.17 bits per heavy atom. The Morgan fingerprint density at radius 2 is 0.750 bits per heavy atom. The summed E-state index contributed by atoms with van der Waals surface area (Å²) in [4.78, 5) is 13.3. The van der Waals surface area contributed by atoms with Crippen molar-refractivity contribution in [2.75, 3.05) is 26.4 Å². The molecule has 19 nitrogen and oxygen atoms in total. The molecule has 17 atom stereocenters. The van der Waals surface area contributed by atoms with Crippen molar-refractivity contribution in [1.82, 2.24) is 5.32 Å². The molecule has 0 aromatic carbocycles. The topological polar surface area (TPSA) is 307 Å². The van der Waals surface area contributed by atoms with Gasteiger partial charge < -0.3 is 89.9 Å². The van der Waals surface area contributed by atoms with Gasteiger partial charge in [-0.3, -0.25) is 4.79 Å². The summed E-state index contributed by atoms with van der Waals surface area (Å²) in [6, 6.07) is -0.968. The van der Waals surface area contributed by atoms with E-state index < -0.39 is 124 Å². The molecule has 0 radical (unpaired) electrons. The van der Waals surface area contributed by atoms with Crippen molar-refractivity contribution in [2.24, 2.45) is 0 Å². The van der Waals surface area contributed by atoms with Crippen LogP contribution in [0.4, 0.5) is 0 Å². The predicted molar refractivity (Wildman–Crippen MR) is 360 cm³/mol. The molecular formula is C73H131NO18. The molecule has 0 aliphatic carbocycles. The number of hydrogen-bond acceptors (Lipinski definition) is 18. The molecule has 1 amide bonds. The fraction of sp³-hybridized carbons (Fsp3) is 0.849. The summed E-state index contributed by atoms with van der Waals surface area (Å²) in [7, 11) is 0. The van der Waals surface area contributed by atoms with Crippen LogP contribution in [0.5, 0.6) is 0 Å². The molecule has 17 unspecified atom stereocenters. The van der Waals surface area contributed by atoms with Gasteiger partial charge >= 0.3 is 0 Å². The highest BCUT2D eigenvalue weighted by molar-refractivity contribution is 5.76. The number of aliphatic hydroxyl groups excluding tert-OH is 11. The first-order valence-electron chi connectivity index (χ1n) is 36.5. The van der Waals surface area contributed by atoms with Crippen molar-refractivity contribution in [2.45, 2.75) is 369 Å². The lowest BCUT2D eigenvalue weighted by Crippen LogP contribution is -2.66. The number of allylic oxidation sites excluding steroid dienone is 9. The molecule has 3 aliphatic rings. The van der Waals surface area contributed by atoms with E-state index in [-0.39, 0.29) is 18.9 Å². The molecule has 3 aliphatic heterocycles. The van der Waals surface area contributed by atoms with Gasteiger partial charge in [0.2, 0.25) is 5.91 Å². The lowest BCUT2D eigenvalue weighted by molar-refractivity contribution is -0.379. The number of hydrogen-bond donors (Lipinski definition) is 12. The van der Waals surface area contributed by atoms with Crippen molar-refractivity contribution in [3.05, 3.63) is 60.8 Å². The molecule has 3 saturated heterocycles. The van der Waals surface area contributed by atoms with Crippen LogP contribution in [0.2, 0.25) is 0 Å². The molecular weight excluding hydrogens is 1180 g/mol. The largest absolute Gasteiger partial charge is 0.394 e. The number of carbonyl (C=O) groups excluding carboxylic acids is 1. The van der Waals surface area contributed by atoms with E-state index in [0.29, 0.717) is 6.42 Å². The van der Waals surface area contributed by atoms with Crippen molar-refractivity contribution >= 4 is 5.91 Å². The summed E-state index contributed by atoms with van der Waals surface area (Å²) in [5, 5.41) is 120. The van der Waals surface area contributed by atoms with Gasteiger partial charge in [0.1, 0.15) is 73.2 Å². The van der Waals surface area contributed by atoms with Crippen molar-refractivity contribution in [1.29, 1.82) is 0 Å². The predicted octanol–water partition coefficient (Wildman–Crippen LogP) is 10.3. The van der Waals surface area contributed by atoms with Gasteiger partial charge in [-0.25, -0.2) is 0 Å². The lowest BCUT2D eigenvalue weighted by atomic mass is 9.96. The molecule has 0 aromatic heterocycles. The van der Waals surface area contributed by atoms with Crippen LogP contribution in [0.3, 0.4) is 0 Å². The van der Waals surface area contributed by atoms with Crippen molar-refractivity contribution in [3.8, 4) is 0 Å². The van der Waals surface area contributed by atoms with Crippen LogP contribution < -0.4 is 5.32 Å². The summed E-state index contributed by atoms with van der Waals surface area (Å²) in [5.41, 5.74) is 0. The maximum absolute atomic E-state index is 13.3. The zero-order chi connectivity index (χ0) is 66.8. The molecule has 0 saturated carbocycles. The third-order valence-corrected chi connectivity index (χ3v) is 18.1. The average molecular weight is 1310 g/mol. The zero-order valence-corrected chi connectivity index (χ0v) is 56.8. The first-order valence-corrected chi connectivity index (χ1v) is 36.5. The zero-order valence-electron chi connectivity index (χ0n) is 56.8. The van der Waals surface area contributed by atoms with E-state index >= 15 is 0 Å². The SMILES string of the molecule is CC/C=C\C/C=C\C/C=C\C/C=C\CCCCCCCCCCCCCCCCCCCCCCCCCCCCCCC(=O)NC(COC1OC(CO)C(OC2OC(CO)C(OC3OC(CO)C(O)C(O)C3O)C(O)C2O)C(O)C1O)C(O)/C=C/CCCCCC. The van der Waals surface area contributed by atoms with Gasteiger partial charge in [0.15, 0.2) is 18.9 Å². The second-order valence-corrected chi connectivity index (χ2v) is 26.0. The second-order valence-electron chi connectivity index (χ2n) is 26.0. The van der Waals surface area contributed by atoms with Crippen LogP contribution in [-0.2, 0) is 33.2 Å². The van der Waals surface area contributed by atoms with Crippen LogP contribution in [0.15, 0.2) is 60.8 Å². The Hall–Kier alpha value is -2.51. The summed E-state index contributed by atoms with van der Waals surface area (Å²) < 4.78 is 34.2. The molecule has 3 fully saturated rings. The minimum atomic E-state index is -1.98. The summed E-state index contributed by atoms with van der Waals surface area (Å²) in [5.74, 6) is -0.278. The van der Waals surface area contributed by atoms with Gasteiger partial charge in [-0.2, -0.15) is 0 Å². The van der Waals surface area contributed by atoms with E-state index in [2.05, 4.69) is 67.8 Å². The Morgan fingerprint density at radius 1 is 0.402 bits per heavy atom. The smallest absolute Gasteiger partial charge is 0.220 e. The fourth-order valence-corrected chi connectivity index (χ4v) is 12.2. The van der Waals surface area contributed by atoms with E-state index in [1.807, 2.05) is 6.08 Å². The Balaban J connectivity index is 1.21. The molecule has 19 heteroatoms. The van der Waals surface area contributed by atoms with E-state index in [4.69, 9.17) is 28.4 Å². The van der Waals surface area contributed by atoms with E-state index in [9.17, 15) is 61.0 Å². The highest BCUT2D eigenvalue weighted by atomic mass is 16.8. The minimum absolute atomic E-state index is 0.245. The molecule has 536 valence electrons. The van der Waals surface area contributed by atoms with Gasteiger partial charge in [0.25, 0.3) is 0 Å². The quantitative estimate of drug-likeness (QED) is 0.0199. The third kappa shape index (κ3) is 35.7. The molecule has 0 bridgehead atoms. The third-order valence-electron chi connectivity index (χ3n) is 18.1. The van der Waals surface area contributed by atoms with Crippen LogP contribution in [0, 0.1) is 0 Å². The van der Waals surface area contributed by atoms with E-state index in [1.54, 1.807) is 6.08 Å². The molecule has 3 heterocycles. The summed E-state index contributed by atoms with van der Waals surface area (Å²) >= 11 is 0. The van der Waals surface area contributed by atoms with E-state index in [1.165, 1.54) is 161 Å². The highest BCUT2D eigenvalue weighted by Crippen LogP contribution is 2.33. The maximum Gasteiger partial charge on any atom is 0.220 e. The normalized spacial score (nSPS) is 28.0. The number of unbranched alkanes of at least 4 members (excludes halogenated alkanes) is 32. The van der Waals surface area contributed by atoms with Gasteiger partial charge in [0, 0.05) is 6.42 Å². The summed E-state index contributed by atoms with van der Waals surface area (Å²) in [6.45, 7) is 1.52. The number of amides is 1. The number of rotatable bonds is 56. The van der Waals surface area contributed by atoms with Crippen LogP contribution in [-0.4, -0.2) is 193 Å². The maximum atomic E-state index is 13.3. The summed E-state index contributed by atoms with van der Waals surface area (Å²) in [6.07, 6.45) is 41.8. The lowest BCUT2D eigenvalue weighted by Gasteiger charge is -2.48. The molecule has 3 rings (SSSR count). The fourth-order valence-electron chi connectivity index (χ4n) is 12.2. The van der Waals surface area contributed by atoms with E-state index in [0.717, 1.165) is 77.0 Å². The Bertz CT molecular complexity index is 1900. The highest BCUT2D eigenvalue weighted by Gasteiger charge is 2.53. The van der Waals surface area contributed by atoms with Crippen LogP contribution in [0.25, 0.3) is 0 Å². The van der Waals surface area contributed by atoms with Crippen molar-refractivity contribution in [3.63, 3.8) is 0 Å². The molecule has 0 aromatic rings. The molecule has 92 heavy (non-hydrogen) atoms. The minimum Gasteiger partial charge on any atom is -0.394 e. The second kappa shape index (κ2) is 54.5. The Labute approximate surface area is 554 Å². The van der Waals surface area contributed by atoms with Gasteiger partial charge in [0.05, 0.1) is 38.6 Å².